The van der Waals surface area contributed by atoms with Gasteiger partial charge in [0.05, 0.1) is 5.56 Å². The Balaban J connectivity index is 2.89. The number of amides is 1. The first-order valence-corrected chi connectivity index (χ1v) is 4.81. The summed E-state index contributed by atoms with van der Waals surface area (Å²) in [6, 6.07) is 2.16. The second-order valence-electron chi connectivity index (χ2n) is 3.50. The molecule has 0 bridgehead atoms. The molecule has 1 amide bonds. The van der Waals surface area contributed by atoms with E-state index in [4.69, 9.17) is 5.11 Å². The minimum atomic E-state index is -1.66. The van der Waals surface area contributed by atoms with Crippen LogP contribution in [0.25, 0.3) is 0 Å². The highest BCUT2D eigenvalue weighted by molar-refractivity contribution is 5.97. The van der Waals surface area contributed by atoms with Crippen LogP contribution in [-0.2, 0) is 4.79 Å². The molecule has 1 atom stereocenters. The van der Waals surface area contributed by atoms with Crippen molar-refractivity contribution >= 4 is 11.9 Å². The minimum absolute atomic E-state index is 0.301. The zero-order chi connectivity index (χ0) is 13.0. The van der Waals surface area contributed by atoms with Crippen LogP contribution in [0.3, 0.4) is 0 Å². The number of hydrogen-bond donors (Lipinski definition) is 2. The Bertz CT molecular complexity index is 448. The first kappa shape index (κ1) is 13.1. The predicted molar refractivity (Wildman–Crippen MR) is 56.0 cm³/mol. The fourth-order valence-corrected chi connectivity index (χ4v) is 1.22. The molecule has 1 aromatic rings. The highest BCUT2D eigenvalue weighted by atomic mass is 19.1. The number of aliphatic carboxylic acids is 1. The lowest BCUT2D eigenvalue weighted by Crippen LogP contribution is -2.42. The number of carboxylic acid groups (broad SMARTS) is 1. The minimum Gasteiger partial charge on any atom is -0.480 e. The molecular weight excluding hydrogens is 232 g/mol. The topological polar surface area (TPSA) is 66.4 Å². The van der Waals surface area contributed by atoms with Crippen molar-refractivity contribution in [3.8, 4) is 0 Å². The van der Waals surface area contributed by atoms with Crippen molar-refractivity contribution in [1.29, 1.82) is 0 Å². The largest absolute Gasteiger partial charge is 0.480 e. The van der Waals surface area contributed by atoms with E-state index in [-0.39, 0.29) is 5.56 Å². The van der Waals surface area contributed by atoms with Gasteiger partial charge in [0.15, 0.2) is 6.04 Å². The van der Waals surface area contributed by atoms with Gasteiger partial charge in [0, 0.05) is 0 Å². The smallest absolute Gasteiger partial charge is 0.328 e. The second-order valence-corrected chi connectivity index (χ2v) is 3.50. The van der Waals surface area contributed by atoms with Crippen molar-refractivity contribution in [2.24, 2.45) is 0 Å². The average Bonchev–Trinajstić information content (AvgIpc) is 2.28. The maximum Gasteiger partial charge on any atom is 0.328 e. The number of hydrogen-bond acceptors (Lipinski definition) is 2. The van der Waals surface area contributed by atoms with E-state index in [0.717, 1.165) is 6.07 Å². The second kappa shape index (κ2) is 5.38. The first-order chi connectivity index (χ1) is 7.95. The number of nitrogens with one attached hydrogen (secondary N) is 1. The normalized spacial score (nSPS) is 11.9. The molecular formula is C11H11F2NO3. The molecule has 0 spiro atoms. The summed E-state index contributed by atoms with van der Waals surface area (Å²) in [6.07, 6.45) is 0. The van der Waals surface area contributed by atoms with E-state index in [9.17, 15) is 18.4 Å². The fourth-order valence-electron chi connectivity index (χ4n) is 1.22. The van der Waals surface area contributed by atoms with E-state index >= 15 is 0 Å². The summed E-state index contributed by atoms with van der Waals surface area (Å²) in [5.74, 6) is -3.23. The molecule has 0 saturated heterocycles. The summed E-state index contributed by atoms with van der Waals surface area (Å²) in [6.45, 7) is 0.397. The van der Waals surface area contributed by atoms with Crippen LogP contribution in [0.5, 0.6) is 0 Å². The SMILES string of the molecule is Cc1ccc(F)c(C(=O)NC(CF)C(=O)O)c1. The van der Waals surface area contributed by atoms with Crippen LogP contribution >= 0.6 is 0 Å². The number of aryl methyl sites for hydroxylation is 1. The predicted octanol–water partition coefficient (Wildman–Crippen LogP) is 1.29. The van der Waals surface area contributed by atoms with Gasteiger partial charge in [0.2, 0.25) is 0 Å². The maximum atomic E-state index is 13.3. The van der Waals surface area contributed by atoms with E-state index in [1.54, 1.807) is 6.92 Å². The average molecular weight is 243 g/mol. The summed E-state index contributed by atoms with van der Waals surface area (Å²) in [5.41, 5.74) is 0.341. The van der Waals surface area contributed by atoms with Gasteiger partial charge in [-0.15, -0.1) is 0 Å². The van der Waals surface area contributed by atoms with Gasteiger partial charge >= 0.3 is 5.97 Å². The highest BCUT2D eigenvalue weighted by Gasteiger charge is 2.21. The molecule has 0 aromatic heterocycles. The lowest BCUT2D eigenvalue weighted by atomic mass is 10.1. The Hall–Kier alpha value is -1.98. The molecule has 1 unspecified atom stereocenters. The van der Waals surface area contributed by atoms with Gasteiger partial charge in [-0.25, -0.2) is 13.6 Å². The Morgan fingerprint density at radius 2 is 2.12 bits per heavy atom. The Labute approximate surface area is 96.3 Å². The van der Waals surface area contributed by atoms with Gasteiger partial charge in [-0.2, -0.15) is 0 Å². The highest BCUT2D eigenvalue weighted by Crippen LogP contribution is 2.10. The molecule has 0 heterocycles. The van der Waals surface area contributed by atoms with Crippen LogP contribution in [0.4, 0.5) is 8.78 Å². The molecule has 4 nitrogen and oxygen atoms in total. The van der Waals surface area contributed by atoms with Gasteiger partial charge in [0.25, 0.3) is 5.91 Å². The molecule has 1 rings (SSSR count). The monoisotopic (exact) mass is 243 g/mol. The van der Waals surface area contributed by atoms with Crippen molar-refractivity contribution in [2.45, 2.75) is 13.0 Å². The Morgan fingerprint density at radius 1 is 1.47 bits per heavy atom. The summed E-state index contributed by atoms with van der Waals surface area (Å²) >= 11 is 0. The summed E-state index contributed by atoms with van der Waals surface area (Å²) in [7, 11) is 0. The number of rotatable bonds is 4. The van der Waals surface area contributed by atoms with E-state index in [2.05, 4.69) is 0 Å². The molecule has 0 saturated carbocycles. The third-order valence-electron chi connectivity index (χ3n) is 2.12. The van der Waals surface area contributed by atoms with Gasteiger partial charge < -0.3 is 10.4 Å². The van der Waals surface area contributed by atoms with Crippen molar-refractivity contribution in [2.75, 3.05) is 6.67 Å². The number of carbonyl (C=O) groups excluding carboxylic acids is 1. The molecule has 0 aliphatic rings. The van der Waals surface area contributed by atoms with Crippen molar-refractivity contribution < 1.29 is 23.5 Å². The summed E-state index contributed by atoms with van der Waals surface area (Å²) < 4.78 is 25.5. The van der Waals surface area contributed by atoms with Crippen LogP contribution < -0.4 is 5.32 Å². The summed E-state index contributed by atoms with van der Waals surface area (Å²) in [4.78, 5) is 22.0. The molecule has 0 radical (unpaired) electrons. The third kappa shape index (κ3) is 3.24. The van der Waals surface area contributed by atoms with Crippen molar-refractivity contribution in [3.63, 3.8) is 0 Å². The molecule has 17 heavy (non-hydrogen) atoms. The lowest BCUT2D eigenvalue weighted by Gasteiger charge is -2.11. The van der Waals surface area contributed by atoms with Crippen LogP contribution in [-0.4, -0.2) is 29.7 Å². The maximum absolute atomic E-state index is 13.3. The number of halogens is 2. The van der Waals surface area contributed by atoms with E-state index in [1.165, 1.54) is 12.1 Å². The number of carbonyl (C=O) groups is 2. The van der Waals surface area contributed by atoms with Crippen molar-refractivity contribution in [3.05, 3.63) is 35.1 Å². The van der Waals surface area contributed by atoms with E-state index in [1.807, 2.05) is 5.32 Å². The van der Waals surface area contributed by atoms with Crippen LogP contribution in [0, 0.1) is 12.7 Å². The molecule has 6 heteroatoms. The first-order valence-electron chi connectivity index (χ1n) is 4.81. The van der Waals surface area contributed by atoms with Crippen LogP contribution in [0.2, 0.25) is 0 Å². The fraction of sp³-hybridized carbons (Fsp3) is 0.273. The van der Waals surface area contributed by atoms with E-state index < -0.39 is 30.4 Å². The zero-order valence-electron chi connectivity index (χ0n) is 9.04. The quantitative estimate of drug-likeness (QED) is 0.837. The molecule has 0 aliphatic carbocycles. The molecule has 0 fully saturated rings. The Kier molecular flexibility index (Phi) is 4.14. The third-order valence-corrected chi connectivity index (χ3v) is 2.12. The van der Waals surface area contributed by atoms with Gasteiger partial charge in [0.1, 0.15) is 12.5 Å². The number of alkyl halides is 1. The van der Waals surface area contributed by atoms with Gasteiger partial charge in [-0.05, 0) is 19.1 Å². The number of benzene rings is 1. The standard InChI is InChI=1S/C11H11F2NO3/c1-6-2-3-8(13)7(4-6)10(15)14-9(5-12)11(16)17/h2-4,9H,5H2,1H3,(H,14,15)(H,16,17). The number of carboxylic acids is 1. The van der Waals surface area contributed by atoms with Crippen LogP contribution in [0.15, 0.2) is 18.2 Å². The van der Waals surface area contributed by atoms with Gasteiger partial charge in [-0.1, -0.05) is 11.6 Å². The summed E-state index contributed by atoms with van der Waals surface area (Å²) in [5, 5.41) is 10.4. The van der Waals surface area contributed by atoms with Crippen molar-refractivity contribution in [1.82, 2.24) is 5.32 Å². The Morgan fingerprint density at radius 3 is 2.65 bits per heavy atom. The molecule has 2 N–H and O–H groups in total. The van der Waals surface area contributed by atoms with Gasteiger partial charge in [-0.3, -0.25) is 4.79 Å². The molecule has 0 aliphatic heterocycles. The molecule has 92 valence electrons. The van der Waals surface area contributed by atoms with Crippen LogP contribution in [0.1, 0.15) is 15.9 Å². The van der Waals surface area contributed by atoms with E-state index in [0.29, 0.717) is 5.56 Å². The lowest BCUT2D eigenvalue weighted by molar-refractivity contribution is -0.139. The molecule has 1 aromatic carbocycles. The zero-order valence-corrected chi connectivity index (χ0v) is 9.04.